The lowest BCUT2D eigenvalue weighted by atomic mass is 10.1. The number of nitrogens with zero attached hydrogens (tertiary/aromatic N) is 1. The molecule has 4 aromatic carbocycles. The van der Waals surface area contributed by atoms with Crippen molar-refractivity contribution in [2.24, 2.45) is 0 Å². The van der Waals surface area contributed by atoms with E-state index in [4.69, 9.17) is 37.1 Å². The van der Waals surface area contributed by atoms with Gasteiger partial charge in [0.25, 0.3) is 5.91 Å². The summed E-state index contributed by atoms with van der Waals surface area (Å²) < 4.78 is 17.5. The van der Waals surface area contributed by atoms with Crippen LogP contribution in [0, 0.1) is 0 Å². The molecule has 0 aliphatic rings. The lowest BCUT2D eigenvalue weighted by molar-refractivity contribution is -0.141. The minimum absolute atomic E-state index is 0.0972. The third kappa shape index (κ3) is 7.16. The van der Waals surface area contributed by atoms with Gasteiger partial charge in [-0.15, -0.1) is 0 Å². The van der Waals surface area contributed by atoms with Gasteiger partial charge in [0.05, 0.1) is 23.3 Å². The molecule has 5 aromatic rings. The number of oxazole rings is 1. The molecule has 1 amide bonds. The molecule has 0 unspecified atom stereocenters. The van der Waals surface area contributed by atoms with Crippen molar-refractivity contribution in [3.8, 4) is 34.3 Å². The number of carbonyl (C=O) groups is 2. The highest BCUT2D eigenvalue weighted by atomic mass is 35.5. The maximum atomic E-state index is 13.4. The van der Waals surface area contributed by atoms with E-state index in [1.165, 1.54) is 0 Å². The van der Waals surface area contributed by atoms with Crippen LogP contribution in [0.25, 0.3) is 22.8 Å². The number of nitrogens with one attached hydrogen (secondary N) is 1. The van der Waals surface area contributed by atoms with E-state index >= 15 is 0 Å². The van der Waals surface area contributed by atoms with Crippen LogP contribution in [-0.4, -0.2) is 34.6 Å². The van der Waals surface area contributed by atoms with Crippen LogP contribution < -0.4 is 10.1 Å². The van der Waals surface area contributed by atoms with Gasteiger partial charge >= 0.3 is 5.97 Å². The number of ether oxygens (including phenoxy) is 2. The number of rotatable bonds is 11. The lowest BCUT2D eigenvalue weighted by Crippen LogP contribution is -2.44. The first-order valence-electron chi connectivity index (χ1n) is 12.8. The topological polar surface area (TPSA) is 111 Å². The summed E-state index contributed by atoms with van der Waals surface area (Å²) in [6, 6.07) is 29.0. The number of carboxylic acid groups (broad SMARTS) is 1. The van der Waals surface area contributed by atoms with Gasteiger partial charge in [0.1, 0.15) is 11.5 Å². The summed E-state index contributed by atoms with van der Waals surface area (Å²) in [4.78, 5) is 29.8. The summed E-state index contributed by atoms with van der Waals surface area (Å²) in [6.45, 7) is -0.0707. The fourth-order valence-corrected chi connectivity index (χ4v) is 4.29. The Labute approximate surface area is 251 Å². The maximum Gasteiger partial charge on any atom is 0.328 e. The monoisotopic (exact) mass is 602 g/mol. The number of benzene rings is 4. The molecule has 8 nitrogen and oxygen atoms in total. The molecule has 0 aliphatic heterocycles. The molecule has 1 aromatic heterocycles. The molecular weight excluding hydrogens is 579 g/mol. The van der Waals surface area contributed by atoms with Crippen LogP contribution >= 0.6 is 23.2 Å². The van der Waals surface area contributed by atoms with Crippen LogP contribution in [0.15, 0.2) is 108 Å². The number of aromatic nitrogens is 1. The Kier molecular flexibility index (Phi) is 9.18. The Balaban J connectivity index is 1.39. The van der Waals surface area contributed by atoms with E-state index in [2.05, 4.69) is 10.3 Å². The predicted molar refractivity (Wildman–Crippen MR) is 159 cm³/mol. The van der Waals surface area contributed by atoms with Crippen molar-refractivity contribution in [1.29, 1.82) is 0 Å². The van der Waals surface area contributed by atoms with Gasteiger partial charge in [0.2, 0.25) is 5.89 Å². The molecule has 10 heteroatoms. The van der Waals surface area contributed by atoms with Crippen LogP contribution in [0.1, 0.15) is 16.1 Å². The van der Waals surface area contributed by atoms with Crippen LogP contribution in [0.2, 0.25) is 10.0 Å². The standard InChI is InChI=1S/C32H24Cl2N2O6/c33-25-16-13-22(17-26(25)34)29-28(30(37)35-27(32(38)39)19-40-18-20-7-3-1-4-8-20)36-31(42-29)21-11-14-24(15-12-21)41-23-9-5-2-6-10-23/h1-17,27H,18-19H2,(H,35,37)(H,38,39)/t27-/m0/s1. The summed E-state index contributed by atoms with van der Waals surface area (Å²) in [7, 11) is 0. The number of aliphatic carboxylic acids is 1. The van der Waals surface area contributed by atoms with Gasteiger partial charge in [-0.25, -0.2) is 9.78 Å². The first-order chi connectivity index (χ1) is 20.4. The molecule has 5 rings (SSSR count). The van der Waals surface area contributed by atoms with Crippen molar-refractivity contribution >= 4 is 35.1 Å². The van der Waals surface area contributed by atoms with E-state index in [1.807, 2.05) is 60.7 Å². The minimum atomic E-state index is -1.34. The van der Waals surface area contributed by atoms with E-state index in [0.717, 1.165) is 5.56 Å². The van der Waals surface area contributed by atoms with E-state index in [1.54, 1.807) is 42.5 Å². The summed E-state index contributed by atoms with van der Waals surface area (Å²) in [6.07, 6.45) is 0. The van der Waals surface area contributed by atoms with Crippen molar-refractivity contribution in [3.63, 3.8) is 0 Å². The first kappa shape index (κ1) is 28.9. The van der Waals surface area contributed by atoms with Gasteiger partial charge in [-0.05, 0) is 60.2 Å². The first-order valence-corrected chi connectivity index (χ1v) is 13.6. The number of halogens is 2. The molecule has 0 spiro atoms. The molecule has 0 radical (unpaired) electrons. The molecule has 0 saturated heterocycles. The predicted octanol–water partition coefficient (Wildman–Crippen LogP) is 7.51. The fourth-order valence-electron chi connectivity index (χ4n) is 3.99. The van der Waals surface area contributed by atoms with Gasteiger partial charge in [0, 0.05) is 11.1 Å². The third-order valence-electron chi connectivity index (χ3n) is 6.10. The number of hydrogen-bond donors (Lipinski definition) is 2. The van der Waals surface area contributed by atoms with Gasteiger partial charge in [-0.2, -0.15) is 0 Å². The average molecular weight is 603 g/mol. The zero-order valence-corrected chi connectivity index (χ0v) is 23.5. The van der Waals surface area contributed by atoms with Gasteiger partial charge in [-0.3, -0.25) is 4.79 Å². The van der Waals surface area contributed by atoms with Crippen molar-refractivity contribution in [1.82, 2.24) is 10.3 Å². The van der Waals surface area contributed by atoms with E-state index in [-0.39, 0.29) is 35.6 Å². The van der Waals surface area contributed by atoms with Crippen molar-refractivity contribution in [2.75, 3.05) is 6.61 Å². The third-order valence-corrected chi connectivity index (χ3v) is 6.84. The molecule has 1 atom stereocenters. The van der Waals surface area contributed by atoms with E-state index < -0.39 is 17.9 Å². The van der Waals surface area contributed by atoms with Gasteiger partial charge in [-0.1, -0.05) is 71.7 Å². The van der Waals surface area contributed by atoms with Crippen LogP contribution in [-0.2, 0) is 16.1 Å². The number of amides is 1. The van der Waals surface area contributed by atoms with Crippen molar-refractivity contribution < 1.29 is 28.6 Å². The Morgan fingerprint density at radius 3 is 2.14 bits per heavy atom. The van der Waals surface area contributed by atoms with Crippen molar-refractivity contribution in [2.45, 2.75) is 12.6 Å². The second kappa shape index (κ2) is 13.4. The lowest BCUT2D eigenvalue weighted by Gasteiger charge is -2.14. The SMILES string of the molecule is O=C(N[C@@H](COCc1ccccc1)C(=O)O)c1nc(-c2ccc(Oc3ccccc3)cc2)oc1-c1ccc(Cl)c(Cl)c1. The van der Waals surface area contributed by atoms with Gasteiger partial charge in [0.15, 0.2) is 17.5 Å². The number of carboxylic acids is 1. The number of hydrogen-bond acceptors (Lipinski definition) is 6. The Morgan fingerprint density at radius 1 is 0.833 bits per heavy atom. The van der Waals surface area contributed by atoms with Gasteiger partial charge < -0.3 is 24.3 Å². The van der Waals surface area contributed by atoms with E-state index in [9.17, 15) is 14.7 Å². The summed E-state index contributed by atoms with van der Waals surface area (Å²) in [5.74, 6) is -0.502. The van der Waals surface area contributed by atoms with Crippen LogP contribution in [0.5, 0.6) is 11.5 Å². The normalized spacial score (nSPS) is 11.6. The highest BCUT2D eigenvalue weighted by Crippen LogP contribution is 2.34. The molecule has 212 valence electrons. The minimum Gasteiger partial charge on any atom is -0.480 e. The number of para-hydroxylation sites is 1. The van der Waals surface area contributed by atoms with Crippen molar-refractivity contribution in [3.05, 3.63) is 124 Å². The number of carbonyl (C=O) groups excluding carboxylic acids is 1. The molecule has 0 fully saturated rings. The molecule has 42 heavy (non-hydrogen) atoms. The molecule has 0 bridgehead atoms. The fraction of sp³-hybridized carbons (Fsp3) is 0.0938. The maximum absolute atomic E-state index is 13.4. The molecular formula is C32H24Cl2N2O6. The smallest absolute Gasteiger partial charge is 0.328 e. The quantitative estimate of drug-likeness (QED) is 0.161. The molecule has 2 N–H and O–H groups in total. The Hall–Kier alpha value is -4.63. The zero-order valence-electron chi connectivity index (χ0n) is 22.0. The summed E-state index contributed by atoms with van der Waals surface area (Å²) >= 11 is 12.3. The Morgan fingerprint density at radius 2 is 1.48 bits per heavy atom. The average Bonchev–Trinajstić information content (AvgIpc) is 3.45. The summed E-state index contributed by atoms with van der Waals surface area (Å²) in [5, 5.41) is 12.8. The van der Waals surface area contributed by atoms with Crippen LogP contribution in [0.4, 0.5) is 0 Å². The second-order valence-electron chi connectivity index (χ2n) is 9.13. The van der Waals surface area contributed by atoms with E-state index in [0.29, 0.717) is 27.6 Å². The zero-order chi connectivity index (χ0) is 29.5. The summed E-state index contributed by atoms with van der Waals surface area (Å²) in [5.41, 5.74) is 1.75. The molecule has 0 aliphatic carbocycles. The molecule has 1 heterocycles. The molecule has 0 saturated carbocycles. The largest absolute Gasteiger partial charge is 0.480 e. The highest BCUT2D eigenvalue weighted by molar-refractivity contribution is 6.42. The highest BCUT2D eigenvalue weighted by Gasteiger charge is 2.27. The second-order valence-corrected chi connectivity index (χ2v) is 9.94. The van der Waals surface area contributed by atoms with Crippen LogP contribution in [0.3, 0.4) is 0 Å². The Bertz CT molecular complexity index is 1680.